The van der Waals surface area contributed by atoms with Crippen LogP contribution in [-0.4, -0.2) is 59.0 Å². The van der Waals surface area contributed by atoms with Crippen molar-refractivity contribution in [2.24, 2.45) is 0 Å². The Kier molecular flexibility index (Phi) is 4.95. The summed E-state index contributed by atoms with van der Waals surface area (Å²) in [5.74, 6) is 0.654. The van der Waals surface area contributed by atoms with E-state index in [1.165, 1.54) is 0 Å². The van der Waals surface area contributed by atoms with Crippen molar-refractivity contribution in [3.8, 4) is 11.1 Å². The number of fused-ring (bicyclic) bond motifs is 2. The summed E-state index contributed by atoms with van der Waals surface area (Å²) in [6, 6.07) is 12.2. The lowest BCUT2D eigenvalue weighted by Crippen LogP contribution is -2.44. The molecule has 3 aromatic heterocycles. The van der Waals surface area contributed by atoms with Gasteiger partial charge in [-0.3, -0.25) is 4.79 Å². The zero-order chi connectivity index (χ0) is 23.2. The van der Waals surface area contributed by atoms with E-state index in [0.717, 1.165) is 76.8 Å². The Morgan fingerprint density at radius 3 is 2.65 bits per heavy atom. The molecule has 0 unspecified atom stereocenters. The number of rotatable bonds is 4. The van der Waals surface area contributed by atoms with Crippen LogP contribution in [0.2, 0.25) is 0 Å². The molecule has 1 fully saturated rings. The predicted molar refractivity (Wildman–Crippen MR) is 135 cm³/mol. The highest BCUT2D eigenvalue weighted by Crippen LogP contribution is 2.37. The zero-order valence-electron chi connectivity index (χ0n) is 19.4. The highest BCUT2D eigenvalue weighted by molar-refractivity contribution is 6.07. The number of aryl methyl sites for hydroxylation is 1. The molecule has 1 amide bonds. The number of hydrogen-bond donors (Lipinski definition) is 3. The van der Waals surface area contributed by atoms with E-state index in [1.807, 2.05) is 37.5 Å². The summed E-state index contributed by atoms with van der Waals surface area (Å²) in [4.78, 5) is 30.0. The van der Waals surface area contributed by atoms with E-state index in [1.54, 1.807) is 0 Å². The number of amides is 1. The van der Waals surface area contributed by atoms with Crippen molar-refractivity contribution in [2.45, 2.75) is 13.5 Å². The Labute approximate surface area is 198 Å². The molecule has 2 aliphatic rings. The summed E-state index contributed by atoms with van der Waals surface area (Å²) in [6.07, 6.45) is 3.88. The number of pyridine rings is 2. The van der Waals surface area contributed by atoms with Crippen LogP contribution in [0.25, 0.3) is 22.2 Å². The van der Waals surface area contributed by atoms with E-state index in [9.17, 15) is 4.79 Å². The van der Waals surface area contributed by atoms with Gasteiger partial charge in [-0.25, -0.2) is 9.97 Å². The molecule has 0 atom stereocenters. The first kappa shape index (κ1) is 20.7. The second-order valence-corrected chi connectivity index (χ2v) is 9.07. The minimum atomic E-state index is -0.0674. The van der Waals surface area contributed by atoms with Gasteiger partial charge in [-0.1, -0.05) is 6.07 Å². The van der Waals surface area contributed by atoms with Crippen LogP contribution < -0.4 is 15.5 Å². The first-order valence-electron chi connectivity index (χ1n) is 11.6. The molecule has 0 aliphatic carbocycles. The highest BCUT2D eigenvalue weighted by Gasteiger charge is 2.27. The van der Waals surface area contributed by atoms with E-state index in [2.05, 4.69) is 60.6 Å². The lowest BCUT2D eigenvalue weighted by Gasteiger charge is -2.33. The molecule has 8 heteroatoms. The van der Waals surface area contributed by atoms with E-state index < -0.39 is 0 Å². The highest BCUT2D eigenvalue weighted by atomic mass is 16.1. The second-order valence-electron chi connectivity index (χ2n) is 9.07. The molecule has 8 nitrogen and oxygen atoms in total. The molecule has 0 spiro atoms. The van der Waals surface area contributed by atoms with Crippen molar-refractivity contribution in [3.05, 3.63) is 65.6 Å². The molecule has 34 heavy (non-hydrogen) atoms. The molecular weight excluding hydrogens is 426 g/mol. The molecular formula is C26H27N7O. The number of carbonyl (C=O) groups is 1. The molecule has 1 aromatic carbocycles. The van der Waals surface area contributed by atoms with Gasteiger partial charge in [0.1, 0.15) is 11.5 Å². The number of nitrogens with zero attached hydrogens (tertiary/aromatic N) is 4. The number of aromatic amines is 1. The molecule has 0 bridgehead atoms. The van der Waals surface area contributed by atoms with Crippen LogP contribution in [-0.2, 0) is 6.54 Å². The monoisotopic (exact) mass is 453 g/mol. The van der Waals surface area contributed by atoms with E-state index in [0.29, 0.717) is 12.1 Å². The van der Waals surface area contributed by atoms with Gasteiger partial charge in [0.2, 0.25) is 0 Å². The van der Waals surface area contributed by atoms with Gasteiger partial charge in [0.25, 0.3) is 5.91 Å². The first-order chi connectivity index (χ1) is 16.6. The van der Waals surface area contributed by atoms with E-state index in [-0.39, 0.29) is 5.91 Å². The van der Waals surface area contributed by atoms with Crippen molar-refractivity contribution >= 4 is 34.1 Å². The quantitative estimate of drug-likeness (QED) is 0.437. The minimum Gasteiger partial charge on any atom is -0.368 e. The van der Waals surface area contributed by atoms with Crippen LogP contribution in [0.15, 0.2) is 48.8 Å². The first-order valence-corrected chi connectivity index (χ1v) is 11.6. The summed E-state index contributed by atoms with van der Waals surface area (Å²) in [5, 5.41) is 7.41. The van der Waals surface area contributed by atoms with Gasteiger partial charge in [0, 0.05) is 55.6 Å². The van der Waals surface area contributed by atoms with Crippen molar-refractivity contribution in [3.63, 3.8) is 0 Å². The third-order valence-electron chi connectivity index (χ3n) is 6.81. The molecule has 0 radical (unpaired) electrons. The van der Waals surface area contributed by atoms with Crippen LogP contribution in [0.3, 0.4) is 0 Å². The Hall–Kier alpha value is -3.91. The fourth-order valence-electron chi connectivity index (χ4n) is 4.88. The summed E-state index contributed by atoms with van der Waals surface area (Å²) >= 11 is 0. The van der Waals surface area contributed by atoms with Crippen LogP contribution in [0.1, 0.15) is 21.6 Å². The Bertz CT molecular complexity index is 1380. The lowest BCUT2D eigenvalue weighted by molar-refractivity contribution is 0.0966. The van der Waals surface area contributed by atoms with E-state index >= 15 is 0 Å². The number of aromatic nitrogens is 3. The third-order valence-corrected chi connectivity index (χ3v) is 6.81. The number of H-pyrrole nitrogens is 1. The molecule has 2 aliphatic heterocycles. The number of benzene rings is 1. The predicted octanol–water partition coefficient (Wildman–Crippen LogP) is 3.67. The van der Waals surface area contributed by atoms with Gasteiger partial charge in [0.05, 0.1) is 23.1 Å². The number of nitrogens with one attached hydrogen (secondary N) is 3. The standard InChI is InChI=1S/C26H27N7O/c1-16-3-5-19-20(14-28-25(19)30-16)18-6-7-22(24-21(18)15-29-26(24)34)31-23-8-4-17(13-27-23)33-11-9-32(2)10-12-33/h3-8,13-14H,9-12,15H2,1-2H3,(H,27,31)(H,28,30)(H,29,34). The average molecular weight is 454 g/mol. The molecule has 5 heterocycles. The lowest BCUT2D eigenvalue weighted by atomic mass is 9.95. The zero-order valence-corrected chi connectivity index (χ0v) is 19.4. The summed E-state index contributed by atoms with van der Waals surface area (Å²) in [7, 11) is 2.15. The van der Waals surface area contributed by atoms with E-state index in [4.69, 9.17) is 0 Å². The second kappa shape index (κ2) is 8.14. The normalized spacial score (nSPS) is 16.1. The van der Waals surface area contributed by atoms with Gasteiger partial charge in [-0.15, -0.1) is 0 Å². The maximum Gasteiger partial charge on any atom is 0.254 e. The maximum absolute atomic E-state index is 12.8. The topological polar surface area (TPSA) is 89.2 Å². The Morgan fingerprint density at radius 1 is 1.00 bits per heavy atom. The van der Waals surface area contributed by atoms with Gasteiger partial charge in [-0.2, -0.15) is 0 Å². The van der Waals surface area contributed by atoms with Gasteiger partial charge in [-0.05, 0) is 55.4 Å². The Balaban J connectivity index is 1.31. The van der Waals surface area contributed by atoms with Crippen molar-refractivity contribution in [1.82, 2.24) is 25.2 Å². The maximum atomic E-state index is 12.8. The molecule has 1 saturated heterocycles. The number of hydrogen-bond acceptors (Lipinski definition) is 6. The van der Waals surface area contributed by atoms with Crippen LogP contribution in [0.4, 0.5) is 17.2 Å². The van der Waals surface area contributed by atoms with Crippen LogP contribution in [0.5, 0.6) is 0 Å². The van der Waals surface area contributed by atoms with Gasteiger partial charge >= 0.3 is 0 Å². The van der Waals surface area contributed by atoms with Crippen LogP contribution in [0, 0.1) is 6.92 Å². The largest absolute Gasteiger partial charge is 0.368 e. The van der Waals surface area contributed by atoms with Crippen molar-refractivity contribution < 1.29 is 4.79 Å². The summed E-state index contributed by atoms with van der Waals surface area (Å²) in [6.45, 7) is 6.60. The fourth-order valence-corrected chi connectivity index (χ4v) is 4.88. The molecule has 3 N–H and O–H groups in total. The average Bonchev–Trinajstić information content (AvgIpc) is 3.44. The smallest absolute Gasteiger partial charge is 0.254 e. The number of carbonyl (C=O) groups excluding carboxylic acids is 1. The number of likely N-dealkylation sites (N-methyl/N-ethyl adjacent to an activating group) is 1. The summed E-state index contributed by atoms with van der Waals surface area (Å²) < 4.78 is 0. The van der Waals surface area contributed by atoms with Crippen molar-refractivity contribution in [1.29, 1.82) is 0 Å². The molecule has 0 saturated carbocycles. The minimum absolute atomic E-state index is 0.0674. The molecule has 172 valence electrons. The molecule has 6 rings (SSSR count). The van der Waals surface area contributed by atoms with Gasteiger partial charge in [0.15, 0.2) is 0 Å². The van der Waals surface area contributed by atoms with Crippen molar-refractivity contribution in [2.75, 3.05) is 43.4 Å². The Morgan fingerprint density at radius 2 is 1.85 bits per heavy atom. The SMILES string of the molecule is Cc1ccc2c(-c3ccc(Nc4ccc(N5CCN(C)CC5)cn4)c4c3CNC4=O)c[nH]c2n1. The number of anilines is 3. The number of piperazine rings is 1. The van der Waals surface area contributed by atoms with Crippen LogP contribution >= 0.6 is 0 Å². The fraction of sp³-hybridized carbons (Fsp3) is 0.269. The third kappa shape index (κ3) is 3.56. The van der Waals surface area contributed by atoms with Gasteiger partial charge < -0.3 is 25.4 Å². The molecule has 4 aromatic rings. The summed E-state index contributed by atoms with van der Waals surface area (Å²) in [5.41, 5.74) is 7.47.